The van der Waals surface area contributed by atoms with Gasteiger partial charge < -0.3 is 0 Å². The minimum atomic E-state index is -0.427. The first-order valence-corrected chi connectivity index (χ1v) is 4.64. The fourth-order valence-electron chi connectivity index (χ4n) is 1.30. The number of pyridine rings is 1. The van der Waals surface area contributed by atoms with Crippen LogP contribution in [0, 0.1) is 12.9 Å². The third-order valence-corrected chi connectivity index (χ3v) is 2.37. The predicted octanol–water partition coefficient (Wildman–Crippen LogP) is 3.42. The topological polar surface area (TPSA) is 12.9 Å². The molecule has 1 nitrogen and oxygen atoms in total. The van der Waals surface area contributed by atoms with E-state index in [9.17, 15) is 4.39 Å². The molecule has 0 amide bonds. The van der Waals surface area contributed by atoms with E-state index in [0.717, 1.165) is 11.1 Å². The second-order valence-corrected chi connectivity index (χ2v) is 3.87. The van der Waals surface area contributed by atoms with Crippen molar-refractivity contribution >= 4 is 15.9 Å². The van der Waals surface area contributed by atoms with Crippen LogP contribution in [0.25, 0.3) is 0 Å². The number of aromatic nitrogens is 1. The van der Waals surface area contributed by atoms with E-state index in [0.29, 0.717) is 10.5 Å². The number of rotatable bonds is 1. The first kappa shape index (κ1) is 9.65. The number of aryl methyl sites for hydroxylation is 1. The predicted molar refractivity (Wildman–Crippen MR) is 50.7 cm³/mol. The molecule has 0 atom stereocenters. The van der Waals surface area contributed by atoms with Crippen LogP contribution < -0.4 is 0 Å². The van der Waals surface area contributed by atoms with E-state index in [1.165, 1.54) is 6.07 Å². The molecule has 12 heavy (non-hydrogen) atoms. The van der Waals surface area contributed by atoms with Gasteiger partial charge in [0.2, 0.25) is 5.95 Å². The lowest BCUT2D eigenvalue weighted by atomic mass is 10.0. The van der Waals surface area contributed by atoms with Gasteiger partial charge in [-0.25, -0.2) is 4.98 Å². The van der Waals surface area contributed by atoms with Gasteiger partial charge in [-0.05, 0) is 46.0 Å². The molecular weight excluding hydrogens is 221 g/mol. The summed E-state index contributed by atoms with van der Waals surface area (Å²) in [7, 11) is 0. The van der Waals surface area contributed by atoms with Crippen molar-refractivity contribution in [3.63, 3.8) is 0 Å². The maximum absolute atomic E-state index is 12.7. The van der Waals surface area contributed by atoms with Gasteiger partial charge in [-0.2, -0.15) is 4.39 Å². The smallest absolute Gasteiger partial charge is 0.212 e. The average Bonchev–Trinajstić information content (AvgIpc) is 1.82. The molecule has 0 saturated carbocycles. The molecule has 0 fully saturated rings. The van der Waals surface area contributed by atoms with Gasteiger partial charge in [0.1, 0.15) is 4.60 Å². The van der Waals surface area contributed by atoms with Crippen LogP contribution in [0.4, 0.5) is 4.39 Å². The molecule has 1 aromatic heterocycles. The van der Waals surface area contributed by atoms with Crippen molar-refractivity contribution < 1.29 is 4.39 Å². The van der Waals surface area contributed by atoms with Crippen molar-refractivity contribution in [1.29, 1.82) is 0 Å². The third kappa shape index (κ3) is 1.83. The van der Waals surface area contributed by atoms with Gasteiger partial charge in [-0.15, -0.1) is 0 Å². The van der Waals surface area contributed by atoms with Crippen molar-refractivity contribution in [1.82, 2.24) is 4.98 Å². The van der Waals surface area contributed by atoms with Gasteiger partial charge in [0.25, 0.3) is 0 Å². The largest absolute Gasteiger partial charge is 0.214 e. The van der Waals surface area contributed by atoms with Crippen LogP contribution in [0.15, 0.2) is 10.7 Å². The molecule has 0 aliphatic heterocycles. The molecule has 0 N–H and O–H groups in total. The van der Waals surface area contributed by atoms with E-state index >= 15 is 0 Å². The summed E-state index contributed by atoms with van der Waals surface area (Å²) < 4.78 is 13.4. The second kappa shape index (κ2) is 3.52. The fourth-order valence-corrected chi connectivity index (χ4v) is 2.24. The monoisotopic (exact) mass is 231 g/mol. The zero-order chi connectivity index (χ0) is 9.30. The van der Waals surface area contributed by atoms with Crippen LogP contribution in [0.1, 0.15) is 30.9 Å². The third-order valence-electron chi connectivity index (χ3n) is 1.77. The summed E-state index contributed by atoms with van der Waals surface area (Å²) in [6.07, 6.45) is 0. The van der Waals surface area contributed by atoms with E-state index in [-0.39, 0.29) is 0 Å². The Labute approximate surface area is 80.1 Å². The number of hydrogen-bond acceptors (Lipinski definition) is 1. The van der Waals surface area contributed by atoms with Crippen LogP contribution in [0.2, 0.25) is 0 Å². The highest BCUT2D eigenvalue weighted by Crippen LogP contribution is 2.26. The Balaban J connectivity index is 3.28. The zero-order valence-corrected chi connectivity index (χ0v) is 8.94. The molecule has 0 unspecified atom stereocenters. The van der Waals surface area contributed by atoms with Gasteiger partial charge >= 0.3 is 0 Å². The standard InChI is InChI=1S/C9H11BrFN/c1-5(2)8-6(3)4-7(11)12-9(8)10/h4-5H,1-3H3. The maximum atomic E-state index is 12.7. The molecule has 3 heteroatoms. The van der Waals surface area contributed by atoms with Crippen LogP contribution in [-0.2, 0) is 0 Å². The lowest BCUT2D eigenvalue weighted by molar-refractivity contribution is 0.576. The lowest BCUT2D eigenvalue weighted by Crippen LogP contribution is -1.98. The molecule has 0 aliphatic carbocycles. The SMILES string of the molecule is Cc1cc(F)nc(Br)c1C(C)C. The molecule has 0 radical (unpaired) electrons. The fraction of sp³-hybridized carbons (Fsp3) is 0.444. The summed E-state index contributed by atoms with van der Waals surface area (Å²) in [6.45, 7) is 6.02. The molecule has 66 valence electrons. The summed E-state index contributed by atoms with van der Waals surface area (Å²) >= 11 is 3.25. The molecule has 0 saturated heterocycles. The first-order valence-electron chi connectivity index (χ1n) is 3.85. The van der Waals surface area contributed by atoms with E-state index < -0.39 is 5.95 Å². The van der Waals surface area contributed by atoms with Gasteiger partial charge in [0.05, 0.1) is 0 Å². The van der Waals surface area contributed by atoms with Crippen molar-refractivity contribution in [2.75, 3.05) is 0 Å². The quantitative estimate of drug-likeness (QED) is 0.676. The van der Waals surface area contributed by atoms with E-state index in [4.69, 9.17) is 0 Å². The van der Waals surface area contributed by atoms with Crippen molar-refractivity contribution in [3.8, 4) is 0 Å². The molecule has 1 rings (SSSR count). The highest BCUT2D eigenvalue weighted by atomic mass is 79.9. The summed E-state index contributed by atoms with van der Waals surface area (Å²) in [4.78, 5) is 3.71. The second-order valence-electron chi connectivity index (χ2n) is 3.12. The van der Waals surface area contributed by atoms with Crippen molar-refractivity contribution in [2.24, 2.45) is 0 Å². The molecule has 0 aromatic carbocycles. The zero-order valence-electron chi connectivity index (χ0n) is 7.36. The summed E-state index contributed by atoms with van der Waals surface area (Å²) in [6, 6.07) is 1.46. The molecular formula is C9H11BrFN. The number of nitrogens with zero attached hydrogens (tertiary/aromatic N) is 1. The van der Waals surface area contributed by atoms with Crippen LogP contribution in [0.3, 0.4) is 0 Å². The van der Waals surface area contributed by atoms with Gasteiger partial charge in [-0.3, -0.25) is 0 Å². The van der Waals surface area contributed by atoms with Crippen LogP contribution in [-0.4, -0.2) is 4.98 Å². The minimum Gasteiger partial charge on any atom is -0.212 e. The van der Waals surface area contributed by atoms with Gasteiger partial charge in [-0.1, -0.05) is 13.8 Å². The minimum absolute atomic E-state index is 0.368. The molecule has 0 aliphatic rings. The Kier molecular flexibility index (Phi) is 2.83. The Morgan fingerprint density at radius 1 is 1.50 bits per heavy atom. The van der Waals surface area contributed by atoms with Gasteiger partial charge in [0, 0.05) is 0 Å². The van der Waals surface area contributed by atoms with Crippen LogP contribution >= 0.6 is 15.9 Å². The Morgan fingerprint density at radius 3 is 2.50 bits per heavy atom. The van der Waals surface area contributed by atoms with E-state index in [2.05, 4.69) is 34.8 Å². The summed E-state index contributed by atoms with van der Waals surface area (Å²) in [5.74, 6) is -0.0590. The normalized spacial score (nSPS) is 10.8. The lowest BCUT2D eigenvalue weighted by Gasteiger charge is -2.10. The Bertz CT molecular complexity index is 274. The van der Waals surface area contributed by atoms with Gasteiger partial charge in [0.15, 0.2) is 0 Å². The molecule has 1 aromatic rings. The molecule has 0 spiro atoms. The Hall–Kier alpha value is -0.440. The van der Waals surface area contributed by atoms with Crippen molar-refractivity contribution in [3.05, 3.63) is 27.7 Å². The maximum Gasteiger partial charge on any atom is 0.214 e. The number of halogens is 2. The van der Waals surface area contributed by atoms with E-state index in [1.807, 2.05) is 6.92 Å². The summed E-state index contributed by atoms with van der Waals surface area (Å²) in [5.41, 5.74) is 2.03. The molecule has 1 heterocycles. The first-order chi connectivity index (χ1) is 5.52. The highest BCUT2D eigenvalue weighted by molar-refractivity contribution is 9.10. The average molecular weight is 232 g/mol. The Morgan fingerprint density at radius 2 is 2.08 bits per heavy atom. The number of hydrogen-bond donors (Lipinski definition) is 0. The molecule has 0 bridgehead atoms. The van der Waals surface area contributed by atoms with Crippen LogP contribution in [0.5, 0.6) is 0 Å². The highest BCUT2D eigenvalue weighted by Gasteiger charge is 2.10. The van der Waals surface area contributed by atoms with E-state index in [1.54, 1.807) is 0 Å². The van der Waals surface area contributed by atoms with Crippen molar-refractivity contribution in [2.45, 2.75) is 26.7 Å². The summed E-state index contributed by atoms with van der Waals surface area (Å²) in [5, 5.41) is 0.